The van der Waals surface area contributed by atoms with Gasteiger partial charge in [0.1, 0.15) is 6.10 Å². The number of hydrogen-bond donors (Lipinski definition) is 11. The minimum atomic E-state index is -5.04. The number of carbonyl (C=O) groups is 5. The van der Waals surface area contributed by atoms with Crippen LogP contribution in [-0.4, -0.2) is 128 Å². The molecule has 2 saturated heterocycles. The predicted molar refractivity (Wildman–Crippen MR) is 326 cm³/mol. The summed E-state index contributed by atoms with van der Waals surface area (Å²) in [6, 6.07) is 3.12. The number of imidazole rings is 1. The molecule has 5 aliphatic rings. The van der Waals surface area contributed by atoms with Gasteiger partial charge in [-0.15, -0.1) is 0 Å². The van der Waals surface area contributed by atoms with Crippen LogP contribution in [0.15, 0.2) is 67.8 Å². The molecule has 2 aromatic rings. The predicted octanol–water partition coefficient (Wildman–Crippen LogP) is 3.92. The van der Waals surface area contributed by atoms with Gasteiger partial charge in [-0.05, 0) is 116 Å². The molecule has 0 radical (unpaired) electrons. The number of fused-ring (bicyclic) bond motifs is 1. The van der Waals surface area contributed by atoms with E-state index in [9.17, 15) is 43.6 Å². The SMILES string of the molecule is CC(C)=C1NC(C)(C2N=C(/C(C)=C3N=C(/C=C4\N=CC(C)(CC(N)=O)C4CCC(N)=O)C(C)(C)C\3CCC(N)=O)C(C)(CCC(=O)NCC(C)OP(=O)(O)OC3C(O)OC(n4cnc5cc(C)c(C)cc54)C3O)C2CN)C(C)(CN)C1CCC(N)=O. The van der Waals surface area contributed by atoms with Crippen molar-refractivity contribution < 1.29 is 57.4 Å². The number of hydrogen-bond acceptors (Lipinski definition) is 18. The molecule has 0 aliphatic carbocycles. The summed E-state index contributed by atoms with van der Waals surface area (Å²) >= 11 is 0. The number of aliphatic imine (C=N–C) groups is 3. The molecule has 17 N–H and O–H groups in total. The number of aliphatic hydroxyl groups excluding tert-OH is 2. The minimum absolute atomic E-state index is 0.0239. The Kier molecular flexibility index (Phi) is 20.1. The Labute approximate surface area is 503 Å². The van der Waals surface area contributed by atoms with Gasteiger partial charge >= 0.3 is 7.82 Å². The molecule has 0 bridgehead atoms. The van der Waals surface area contributed by atoms with Crippen molar-refractivity contribution in [1.82, 2.24) is 20.2 Å². The van der Waals surface area contributed by atoms with Crippen LogP contribution in [0, 0.1) is 59.2 Å². The van der Waals surface area contributed by atoms with Crippen LogP contribution >= 0.6 is 7.82 Å². The minimum Gasteiger partial charge on any atom is -0.385 e. The molecule has 1 aromatic heterocycles. The van der Waals surface area contributed by atoms with Gasteiger partial charge in [0.2, 0.25) is 29.5 Å². The lowest BCUT2D eigenvalue weighted by Crippen LogP contribution is -2.62. The highest BCUT2D eigenvalue weighted by molar-refractivity contribution is 7.47. The summed E-state index contributed by atoms with van der Waals surface area (Å²) in [6.45, 7) is 23.4. The fraction of sp³-hybridized carbons (Fsp3) is 0.650. The second kappa shape index (κ2) is 25.6. The van der Waals surface area contributed by atoms with Crippen molar-refractivity contribution >= 4 is 66.0 Å². The van der Waals surface area contributed by atoms with E-state index in [1.807, 2.05) is 80.5 Å². The molecule has 15 unspecified atom stereocenters. The molecule has 15 atom stereocenters. The van der Waals surface area contributed by atoms with Crippen molar-refractivity contribution in [3.8, 4) is 0 Å². The zero-order valence-electron chi connectivity index (χ0n) is 51.8. The molecule has 0 spiro atoms. The number of amides is 5. The number of aryl methyl sites for hydroxylation is 2. The molecule has 25 nitrogen and oxygen atoms in total. The van der Waals surface area contributed by atoms with E-state index in [-0.39, 0.29) is 64.1 Å². The summed E-state index contributed by atoms with van der Waals surface area (Å²) in [4.78, 5) is 95.1. The van der Waals surface area contributed by atoms with Gasteiger partial charge in [-0.25, -0.2) is 9.55 Å². The summed E-state index contributed by atoms with van der Waals surface area (Å²) in [5.74, 6) is -3.97. The maximum Gasteiger partial charge on any atom is 0.473 e. The third-order valence-electron chi connectivity index (χ3n) is 19.6. The van der Waals surface area contributed by atoms with E-state index >= 15 is 0 Å². The first kappa shape index (κ1) is 67.5. The molecule has 2 fully saturated rings. The zero-order chi connectivity index (χ0) is 64.0. The number of nitrogens with two attached hydrogens (primary N) is 6. The summed E-state index contributed by atoms with van der Waals surface area (Å²) in [6.07, 6.45) is -1.23. The highest BCUT2D eigenvalue weighted by Gasteiger charge is 2.65. The Morgan fingerprint density at radius 2 is 1.49 bits per heavy atom. The standard InChI is InChI=1S/C60H92N13O12P/c1-30(2)48-37(15-18-45(65)76)59(11,27-62)60(12,72-48)53-38(25-61)58(10,20-19-47(78)67-26-33(5)84-86(81,82)85-51-50(79)54(83-55(51)80)73-29-69-40-21-31(3)32(4)22-41(40)73)52(71-53)34(6)49-36(14-17-44(64)75)56(7,8)42(70-49)23-39-35(13-16-43(63)74)57(9,28-68-39)24-46(66)77/h21-23,28-29,33,35-38,50-51,53-55,72,79-80H,13-20,24-27,61-62H2,1-12H3,(H2,63,74)(H2,64,75)(H2,65,76)(H2,66,77)(H,67,78)(H,81,82)/b39-23-,49-34-. The number of phosphoric ester groups is 1. The molecule has 0 saturated carbocycles. The Hall–Kier alpha value is -6.02. The largest absolute Gasteiger partial charge is 0.473 e. The average molecular weight is 1220 g/mol. The van der Waals surface area contributed by atoms with E-state index in [0.717, 1.165) is 22.4 Å². The zero-order valence-corrected chi connectivity index (χ0v) is 52.7. The van der Waals surface area contributed by atoms with E-state index in [0.29, 0.717) is 58.7 Å². The number of aliphatic hydroxyl groups is 2. The number of rotatable bonds is 26. The van der Waals surface area contributed by atoms with Crippen LogP contribution in [0.4, 0.5) is 0 Å². The second-order valence-corrected chi connectivity index (χ2v) is 27.5. The lowest BCUT2D eigenvalue weighted by Gasteiger charge is -2.48. The molecular weight excluding hydrogens is 1130 g/mol. The summed E-state index contributed by atoms with van der Waals surface area (Å²) in [7, 11) is -5.04. The second-order valence-electron chi connectivity index (χ2n) is 26.2. The Bertz CT molecular complexity index is 3240. The number of phosphoric acid groups is 1. The van der Waals surface area contributed by atoms with E-state index in [2.05, 4.69) is 29.5 Å². The maximum absolute atomic E-state index is 14.2. The number of ether oxygens (including phenoxy) is 1. The molecule has 26 heteroatoms. The molecule has 474 valence electrons. The monoisotopic (exact) mass is 1220 g/mol. The fourth-order valence-electron chi connectivity index (χ4n) is 14.1. The number of benzene rings is 1. The summed E-state index contributed by atoms with van der Waals surface area (Å²) in [5, 5.41) is 28.9. The molecule has 5 aliphatic heterocycles. The third kappa shape index (κ3) is 13.2. The van der Waals surface area contributed by atoms with Crippen molar-refractivity contribution in [2.45, 2.75) is 183 Å². The van der Waals surface area contributed by atoms with Crippen LogP contribution in [0.2, 0.25) is 0 Å². The highest BCUT2D eigenvalue weighted by Crippen LogP contribution is 2.59. The number of allylic oxidation sites excluding steroid dienone is 6. The van der Waals surface area contributed by atoms with Gasteiger partial charge in [0, 0.05) is 125 Å². The van der Waals surface area contributed by atoms with Gasteiger partial charge in [0.15, 0.2) is 18.6 Å². The van der Waals surface area contributed by atoms with Crippen LogP contribution in [0.1, 0.15) is 144 Å². The van der Waals surface area contributed by atoms with Crippen molar-refractivity contribution in [1.29, 1.82) is 0 Å². The van der Waals surface area contributed by atoms with Gasteiger partial charge in [0.25, 0.3) is 0 Å². The molecule has 7 rings (SSSR count). The van der Waals surface area contributed by atoms with E-state index in [1.54, 1.807) is 6.21 Å². The average Bonchev–Trinajstić information content (AvgIpc) is 1.54. The normalized spacial score (nSPS) is 33.4. The molecule has 5 amide bonds. The molecule has 1 aromatic carbocycles. The highest BCUT2D eigenvalue weighted by atomic mass is 31.2. The Morgan fingerprint density at radius 3 is 2.07 bits per heavy atom. The van der Waals surface area contributed by atoms with Gasteiger partial charge < -0.3 is 69.4 Å². The summed E-state index contributed by atoms with van der Waals surface area (Å²) < 4.78 is 31.5. The molecule has 6 heterocycles. The smallest absolute Gasteiger partial charge is 0.385 e. The molecule has 86 heavy (non-hydrogen) atoms. The van der Waals surface area contributed by atoms with Crippen molar-refractivity contribution in [3.63, 3.8) is 0 Å². The topological polar surface area (TPSA) is 426 Å². The number of primary amides is 4. The Morgan fingerprint density at radius 1 is 0.884 bits per heavy atom. The van der Waals surface area contributed by atoms with Crippen LogP contribution in [-0.2, 0) is 42.3 Å². The number of carbonyl (C=O) groups excluding carboxylic acids is 5. The third-order valence-corrected chi connectivity index (χ3v) is 20.7. The summed E-state index contributed by atoms with van der Waals surface area (Å²) in [5.41, 5.74) is 40.9. The molecular formula is C60H92N13O12P. The van der Waals surface area contributed by atoms with Crippen molar-refractivity contribution in [3.05, 3.63) is 63.9 Å². The van der Waals surface area contributed by atoms with Crippen LogP contribution in [0.5, 0.6) is 0 Å². The van der Waals surface area contributed by atoms with Crippen molar-refractivity contribution in [2.75, 3.05) is 19.6 Å². The van der Waals surface area contributed by atoms with Crippen molar-refractivity contribution in [2.24, 2.45) is 94.7 Å². The van der Waals surface area contributed by atoms with E-state index in [1.165, 1.54) is 17.8 Å². The van der Waals surface area contributed by atoms with Gasteiger partial charge in [-0.1, -0.05) is 40.2 Å². The first-order valence-corrected chi connectivity index (χ1v) is 31.0. The number of aromatic nitrogens is 2. The first-order chi connectivity index (χ1) is 40.0. The lowest BCUT2D eigenvalue weighted by atomic mass is 9.58. The van der Waals surface area contributed by atoms with Crippen LogP contribution < -0.4 is 45.0 Å². The quantitative estimate of drug-likeness (QED) is 0.0595. The number of nitrogens with one attached hydrogen (secondary N) is 2. The maximum atomic E-state index is 14.2. The lowest BCUT2D eigenvalue weighted by molar-refractivity contribution is -0.140. The van der Waals surface area contributed by atoms with Crippen LogP contribution in [0.25, 0.3) is 11.0 Å². The van der Waals surface area contributed by atoms with E-state index in [4.69, 9.17) is 63.2 Å². The van der Waals surface area contributed by atoms with Gasteiger partial charge in [-0.2, -0.15) is 0 Å². The van der Waals surface area contributed by atoms with E-state index < -0.39 is 119 Å². The number of nitrogens with zero attached hydrogens (tertiary/aromatic N) is 5. The van der Waals surface area contributed by atoms with Gasteiger partial charge in [0.05, 0.1) is 35.0 Å². The Balaban J connectivity index is 1.21. The van der Waals surface area contributed by atoms with Crippen LogP contribution in [0.3, 0.4) is 0 Å². The fourth-order valence-corrected chi connectivity index (χ4v) is 15.2. The van der Waals surface area contributed by atoms with Gasteiger partial charge in [-0.3, -0.25) is 48.0 Å². The first-order valence-electron chi connectivity index (χ1n) is 29.5.